The topological polar surface area (TPSA) is 86.7 Å². The maximum absolute atomic E-state index is 11.0. The van der Waals surface area contributed by atoms with Crippen molar-refractivity contribution in [1.29, 1.82) is 0 Å². The predicted octanol–water partition coefficient (Wildman–Crippen LogP) is 0.796. The third kappa shape index (κ3) is 3.80. The smallest absolute Gasteiger partial charge is 0.726 e. The van der Waals surface area contributed by atoms with Gasteiger partial charge in [-0.2, -0.15) is 0 Å². The van der Waals surface area contributed by atoms with Crippen LogP contribution in [0.15, 0.2) is 11.6 Å². The van der Waals surface area contributed by atoms with Gasteiger partial charge < -0.3 is 9.66 Å². The van der Waals surface area contributed by atoms with Crippen LogP contribution in [0.4, 0.5) is 0 Å². The van der Waals surface area contributed by atoms with Crippen molar-refractivity contribution in [2.45, 2.75) is 84.3 Å². The van der Waals surface area contributed by atoms with Crippen molar-refractivity contribution in [3.05, 3.63) is 11.6 Å². The van der Waals surface area contributed by atoms with Crippen LogP contribution in [0.2, 0.25) is 0 Å². The van der Waals surface area contributed by atoms with Gasteiger partial charge in [0, 0.05) is 0 Å². The molecule has 1 N–H and O–H groups in total. The Morgan fingerprint density at radius 2 is 1.89 bits per heavy atom. The third-order valence-corrected chi connectivity index (χ3v) is 9.48. The number of aliphatic hydroxyl groups is 1. The summed E-state index contributed by atoms with van der Waals surface area (Å²) in [5.41, 5.74) is 1.64. The summed E-state index contributed by atoms with van der Waals surface area (Å²) in [5, 5.41) is 10.3. The Bertz CT molecular complexity index is 735. The van der Waals surface area contributed by atoms with E-state index in [1.54, 1.807) is 0 Å². The Morgan fingerprint density at radius 3 is 2.54 bits per heavy atom. The van der Waals surface area contributed by atoms with Gasteiger partial charge in [0.2, 0.25) is 10.4 Å². The SMILES string of the molecule is C[C@@H](O)C1CC[C@H]2[C@@H]3CC=C4C[C@@H](OS(=O)(=O)[O-])CC[C@]4(C)[C@H]3CC[C@]12C.[Na+]. The van der Waals surface area contributed by atoms with E-state index in [1.807, 2.05) is 6.92 Å². The van der Waals surface area contributed by atoms with Gasteiger partial charge in [0.05, 0.1) is 12.2 Å². The molecule has 0 saturated heterocycles. The second kappa shape index (κ2) is 7.92. The van der Waals surface area contributed by atoms with E-state index >= 15 is 0 Å². The minimum absolute atomic E-state index is 0. The van der Waals surface area contributed by atoms with E-state index < -0.39 is 16.5 Å². The fourth-order valence-electron chi connectivity index (χ4n) is 7.71. The van der Waals surface area contributed by atoms with Gasteiger partial charge in [-0.1, -0.05) is 25.5 Å². The van der Waals surface area contributed by atoms with Gasteiger partial charge in [-0.05, 0) is 92.8 Å². The quantitative estimate of drug-likeness (QED) is 0.316. The summed E-state index contributed by atoms with van der Waals surface area (Å²) in [6, 6.07) is 0. The molecule has 154 valence electrons. The molecule has 1 unspecified atom stereocenters. The maximum atomic E-state index is 11.0. The number of rotatable bonds is 3. The maximum Gasteiger partial charge on any atom is 1.00 e. The predicted molar refractivity (Wildman–Crippen MR) is 101 cm³/mol. The second-order valence-corrected chi connectivity index (χ2v) is 11.1. The molecule has 0 aromatic rings. The average Bonchev–Trinajstić information content (AvgIpc) is 2.91. The van der Waals surface area contributed by atoms with Crippen molar-refractivity contribution in [1.82, 2.24) is 0 Å². The van der Waals surface area contributed by atoms with E-state index in [9.17, 15) is 18.1 Å². The zero-order valence-corrected chi connectivity index (χ0v) is 20.5. The Balaban J connectivity index is 0.00000225. The third-order valence-electron chi connectivity index (χ3n) is 8.97. The zero-order valence-electron chi connectivity index (χ0n) is 17.7. The first-order chi connectivity index (χ1) is 12.5. The van der Waals surface area contributed by atoms with Gasteiger partial charge >= 0.3 is 29.6 Å². The number of fused-ring (bicyclic) bond motifs is 5. The van der Waals surface area contributed by atoms with Crippen molar-refractivity contribution >= 4 is 10.4 Å². The number of allylic oxidation sites excluding steroid dienone is 1. The molecule has 0 aromatic carbocycles. The van der Waals surface area contributed by atoms with Gasteiger partial charge in [-0.25, -0.2) is 8.42 Å². The van der Waals surface area contributed by atoms with Crippen LogP contribution in [-0.2, 0) is 14.6 Å². The molecule has 0 aliphatic heterocycles. The summed E-state index contributed by atoms with van der Waals surface area (Å²) < 4.78 is 37.8. The van der Waals surface area contributed by atoms with E-state index in [2.05, 4.69) is 19.9 Å². The van der Waals surface area contributed by atoms with Crippen molar-refractivity contribution in [2.75, 3.05) is 0 Å². The normalized spacial score (nSPS) is 46.5. The second-order valence-electron chi connectivity index (χ2n) is 10.1. The summed E-state index contributed by atoms with van der Waals surface area (Å²) in [6.45, 7) is 6.71. The Labute approximate surface area is 191 Å². The molecule has 5 nitrogen and oxygen atoms in total. The van der Waals surface area contributed by atoms with E-state index in [1.165, 1.54) is 24.8 Å². The molecule has 0 spiro atoms. The molecule has 7 heteroatoms. The summed E-state index contributed by atoms with van der Waals surface area (Å²) in [6.07, 6.45) is 9.44. The van der Waals surface area contributed by atoms with E-state index in [0.717, 1.165) is 19.3 Å². The van der Waals surface area contributed by atoms with Crippen LogP contribution in [0.25, 0.3) is 0 Å². The molecule has 3 saturated carbocycles. The zero-order chi connectivity index (χ0) is 19.6. The molecule has 0 aromatic heterocycles. The van der Waals surface area contributed by atoms with Crippen LogP contribution < -0.4 is 29.6 Å². The first-order valence-corrected chi connectivity index (χ1v) is 11.9. The van der Waals surface area contributed by atoms with E-state index in [0.29, 0.717) is 36.5 Å². The average molecular weight is 421 g/mol. The molecule has 0 amide bonds. The van der Waals surface area contributed by atoms with Crippen LogP contribution in [0.5, 0.6) is 0 Å². The van der Waals surface area contributed by atoms with Crippen LogP contribution in [-0.4, -0.2) is 30.3 Å². The largest absolute Gasteiger partial charge is 1.00 e. The summed E-state index contributed by atoms with van der Waals surface area (Å²) in [7, 11) is -4.64. The molecular weight excluding hydrogens is 387 g/mol. The molecule has 3 fully saturated rings. The van der Waals surface area contributed by atoms with Gasteiger partial charge in [0.15, 0.2) is 0 Å². The van der Waals surface area contributed by atoms with Crippen molar-refractivity contribution < 1.29 is 51.8 Å². The summed E-state index contributed by atoms with van der Waals surface area (Å²) in [4.78, 5) is 0. The summed E-state index contributed by atoms with van der Waals surface area (Å²) in [5.74, 6) is 2.35. The van der Waals surface area contributed by atoms with Crippen LogP contribution in [0, 0.1) is 34.5 Å². The van der Waals surface area contributed by atoms with Crippen molar-refractivity contribution in [3.8, 4) is 0 Å². The Morgan fingerprint density at radius 1 is 1.18 bits per heavy atom. The molecule has 8 atom stereocenters. The van der Waals surface area contributed by atoms with Crippen molar-refractivity contribution in [3.63, 3.8) is 0 Å². The molecule has 4 aliphatic rings. The summed E-state index contributed by atoms with van der Waals surface area (Å²) >= 11 is 0. The van der Waals surface area contributed by atoms with Crippen LogP contribution in [0.1, 0.15) is 72.1 Å². The Hall–Kier alpha value is 0.570. The van der Waals surface area contributed by atoms with Crippen LogP contribution in [0.3, 0.4) is 0 Å². The fraction of sp³-hybridized carbons (Fsp3) is 0.905. The van der Waals surface area contributed by atoms with Gasteiger partial charge in [0.25, 0.3) is 0 Å². The van der Waals surface area contributed by atoms with Gasteiger partial charge in [-0.3, -0.25) is 4.18 Å². The van der Waals surface area contributed by atoms with Gasteiger partial charge in [-0.15, -0.1) is 0 Å². The van der Waals surface area contributed by atoms with E-state index in [4.69, 9.17) is 4.18 Å². The standard InChI is InChI=1S/C21H34O5S.Na/c1-13(22)17-6-7-18-16-5-4-14-12-15(26-27(23,24)25)8-10-20(14,2)19(16)9-11-21(17,18)3;/h4,13,15-19,22H,5-12H2,1-3H3,(H,23,24,25);/q;+1/p-1/t13-,15+,16+,17?,18+,19+,20+,21-;/m1./s1. The number of hydrogen-bond donors (Lipinski definition) is 1. The Kier molecular flexibility index (Phi) is 6.57. The fourth-order valence-corrected chi connectivity index (χ4v) is 8.21. The van der Waals surface area contributed by atoms with Crippen molar-refractivity contribution in [2.24, 2.45) is 34.5 Å². The molecule has 0 heterocycles. The van der Waals surface area contributed by atoms with Gasteiger partial charge in [0.1, 0.15) is 0 Å². The number of hydrogen-bond acceptors (Lipinski definition) is 5. The minimum Gasteiger partial charge on any atom is -0.726 e. The minimum atomic E-state index is -4.64. The first-order valence-electron chi connectivity index (χ1n) is 10.6. The molecule has 28 heavy (non-hydrogen) atoms. The molecule has 4 aliphatic carbocycles. The van der Waals surface area contributed by atoms with Crippen LogP contribution >= 0.6 is 0 Å². The number of aliphatic hydroxyl groups excluding tert-OH is 1. The molecule has 4 rings (SSSR count). The molecule has 0 bridgehead atoms. The molecule has 0 radical (unpaired) electrons. The monoisotopic (exact) mass is 420 g/mol. The molecular formula is C21H33NaO5S. The first kappa shape index (κ1) is 23.2. The van der Waals surface area contributed by atoms with E-state index in [-0.39, 0.29) is 46.5 Å².